The summed E-state index contributed by atoms with van der Waals surface area (Å²) < 4.78 is 10.7. The van der Waals surface area contributed by atoms with Gasteiger partial charge in [-0.1, -0.05) is 12.1 Å². The van der Waals surface area contributed by atoms with Crippen molar-refractivity contribution in [3.63, 3.8) is 0 Å². The van der Waals surface area contributed by atoms with Crippen LogP contribution in [0.2, 0.25) is 0 Å². The van der Waals surface area contributed by atoms with Crippen LogP contribution < -0.4 is 9.47 Å². The molecule has 1 aliphatic rings. The predicted molar refractivity (Wildman–Crippen MR) is 140 cm³/mol. The normalized spacial score (nSPS) is 14.8. The monoisotopic (exact) mass is 494 g/mol. The SMILES string of the molecule is COc1ccc(-c2n[nH]c3c2[C@H](c2ccc(O)cc2)N(CCc2c[nH]c4ccc(OC)cc24)C3=O)cc1. The standard InChI is InChI=1S/C29H26N4O4/c1-36-21-9-5-17(6-10-21)26-25-27(32-31-26)29(35)33(28(25)18-3-7-20(34)8-4-18)14-13-19-16-30-24-12-11-22(37-2)15-23(19)24/h3-12,15-16,28,30,34H,13-14H2,1-2H3,(H,31,32)/t28-/m0/s1. The van der Waals surface area contributed by atoms with Gasteiger partial charge in [0.2, 0.25) is 0 Å². The average molecular weight is 495 g/mol. The van der Waals surface area contributed by atoms with E-state index in [0.717, 1.165) is 50.3 Å². The number of carbonyl (C=O) groups is 1. The third-order valence-corrected chi connectivity index (χ3v) is 7.03. The smallest absolute Gasteiger partial charge is 0.273 e. The number of phenolic OH excluding ortho intramolecular Hbond substituents is 1. The molecule has 8 heteroatoms. The molecule has 0 bridgehead atoms. The number of rotatable bonds is 7. The van der Waals surface area contributed by atoms with E-state index in [-0.39, 0.29) is 17.7 Å². The summed E-state index contributed by atoms with van der Waals surface area (Å²) in [5, 5.41) is 18.5. The Labute approximate surface area is 213 Å². The van der Waals surface area contributed by atoms with E-state index < -0.39 is 0 Å². The third-order valence-electron chi connectivity index (χ3n) is 7.03. The lowest BCUT2D eigenvalue weighted by molar-refractivity contribution is 0.0746. The summed E-state index contributed by atoms with van der Waals surface area (Å²) in [6.07, 6.45) is 2.65. The summed E-state index contributed by atoms with van der Waals surface area (Å²) in [5.41, 5.74) is 5.97. The zero-order chi connectivity index (χ0) is 25.5. The van der Waals surface area contributed by atoms with Gasteiger partial charge in [0.1, 0.15) is 22.9 Å². The highest BCUT2D eigenvalue weighted by Crippen LogP contribution is 2.43. The number of aromatic hydroxyl groups is 1. The van der Waals surface area contributed by atoms with Gasteiger partial charge in [0.15, 0.2) is 0 Å². The van der Waals surface area contributed by atoms with Crippen LogP contribution in [0.15, 0.2) is 72.9 Å². The van der Waals surface area contributed by atoms with Crippen LogP contribution in [-0.4, -0.2) is 51.9 Å². The highest BCUT2D eigenvalue weighted by molar-refractivity contribution is 6.00. The van der Waals surface area contributed by atoms with Crippen LogP contribution in [0.1, 0.15) is 33.2 Å². The first kappa shape index (κ1) is 22.7. The number of aromatic nitrogens is 3. The fourth-order valence-electron chi connectivity index (χ4n) is 5.13. The number of H-pyrrole nitrogens is 2. The fourth-order valence-corrected chi connectivity index (χ4v) is 5.13. The third kappa shape index (κ3) is 3.87. The van der Waals surface area contributed by atoms with Crippen LogP contribution in [0.25, 0.3) is 22.2 Å². The Morgan fingerprint density at radius 2 is 1.70 bits per heavy atom. The van der Waals surface area contributed by atoms with Crippen molar-refractivity contribution in [1.29, 1.82) is 0 Å². The Bertz CT molecular complexity index is 1590. The lowest BCUT2D eigenvalue weighted by atomic mass is 9.95. The van der Waals surface area contributed by atoms with E-state index in [4.69, 9.17) is 9.47 Å². The molecule has 0 saturated heterocycles. The number of hydrogen-bond acceptors (Lipinski definition) is 5. The molecular weight excluding hydrogens is 468 g/mol. The minimum atomic E-state index is -0.348. The number of phenols is 1. The lowest BCUT2D eigenvalue weighted by Crippen LogP contribution is -2.31. The number of hydrogen-bond donors (Lipinski definition) is 3. The van der Waals surface area contributed by atoms with Gasteiger partial charge < -0.3 is 24.5 Å². The van der Waals surface area contributed by atoms with Crippen LogP contribution >= 0.6 is 0 Å². The highest BCUT2D eigenvalue weighted by atomic mass is 16.5. The molecule has 0 fully saturated rings. The second kappa shape index (κ2) is 9.05. The Kier molecular flexibility index (Phi) is 5.56. The first-order chi connectivity index (χ1) is 18.1. The van der Waals surface area contributed by atoms with E-state index in [9.17, 15) is 9.90 Å². The Balaban J connectivity index is 1.38. The van der Waals surface area contributed by atoms with Gasteiger partial charge in [0.25, 0.3) is 5.91 Å². The van der Waals surface area contributed by atoms with Crippen molar-refractivity contribution in [3.05, 3.63) is 95.3 Å². The Morgan fingerprint density at radius 1 is 0.973 bits per heavy atom. The maximum Gasteiger partial charge on any atom is 0.273 e. The van der Waals surface area contributed by atoms with Crippen LogP contribution in [0.3, 0.4) is 0 Å². The van der Waals surface area contributed by atoms with Gasteiger partial charge in [-0.3, -0.25) is 9.89 Å². The molecule has 0 saturated carbocycles. The molecule has 1 amide bonds. The number of benzene rings is 3. The highest BCUT2D eigenvalue weighted by Gasteiger charge is 2.42. The Hall–Kier alpha value is -4.72. The first-order valence-electron chi connectivity index (χ1n) is 12.0. The van der Waals surface area contributed by atoms with Gasteiger partial charge in [-0.25, -0.2) is 0 Å². The molecule has 6 rings (SSSR count). The summed E-state index contributed by atoms with van der Waals surface area (Å²) in [6.45, 7) is 0.499. The van der Waals surface area contributed by atoms with E-state index in [2.05, 4.69) is 15.2 Å². The van der Waals surface area contributed by atoms with E-state index in [1.807, 2.05) is 65.7 Å². The van der Waals surface area contributed by atoms with Gasteiger partial charge in [0, 0.05) is 34.8 Å². The van der Waals surface area contributed by atoms with Crippen LogP contribution in [0, 0.1) is 0 Å². The minimum Gasteiger partial charge on any atom is -0.508 e. The predicted octanol–water partition coefficient (Wildman–Crippen LogP) is 5.07. The molecule has 8 nitrogen and oxygen atoms in total. The molecule has 1 atom stereocenters. The Morgan fingerprint density at radius 3 is 2.43 bits per heavy atom. The van der Waals surface area contributed by atoms with Crippen molar-refractivity contribution >= 4 is 16.8 Å². The summed E-state index contributed by atoms with van der Waals surface area (Å²) in [7, 11) is 3.28. The lowest BCUT2D eigenvalue weighted by Gasteiger charge is -2.26. The number of aromatic amines is 2. The average Bonchev–Trinajstić information content (AvgIpc) is 3.62. The van der Waals surface area contributed by atoms with E-state index in [0.29, 0.717) is 18.7 Å². The van der Waals surface area contributed by atoms with Gasteiger partial charge in [-0.15, -0.1) is 0 Å². The van der Waals surface area contributed by atoms with E-state index >= 15 is 0 Å². The minimum absolute atomic E-state index is 0.0993. The maximum absolute atomic E-state index is 13.7. The molecule has 3 N–H and O–H groups in total. The van der Waals surface area contributed by atoms with Crippen molar-refractivity contribution < 1.29 is 19.4 Å². The number of methoxy groups -OCH3 is 2. The fraction of sp³-hybridized carbons (Fsp3) is 0.172. The summed E-state index contributed by atoms with van der Waals surface area (Å²) in [5.74, 6) is 1.62. The second-order valence-electron chi connectivity index (χ2n) is 9.06. The van der Waals surface area contributed by atoms with Crippen molar-refractivity contribution in [2.24, 2.45) is 0 Å². The molecule has 1 aliphatic heterocycles. The van der Waals surface area contributed by atoms with Gasteiger partial charge in [-0.2, -0.15) is 5.10 Å². The molecule has 0 radical (unpaired) electrons. The zero-order valence-corrected chi connectivity index (χ0v) is 20.5. The van der Waals surface area contributed by atoms with Crippen molar-refractivity contribution in [3.8, 4) is 28.5 Å². The van der Waals surface area contributed by atoms with Gasteiger partial charge in [-0.05, 0) is 72.1 Å². The molecule has 0 unspecified atom stereocenters. The number of ether oxygens (including phenoxy) is 2. The number of amides is 1. The van der Waals surface area contributed by atoms with Crippen LogP contribution in [0.5, 0.6) is 17.2 Å². The van der Waals surface area contributed by atoms with Crippen molar-refractivity contribution in [2.45, 2.75) is 12.5 Å². The quantitative estimate of drug-likeness (QED) is 0.293. The number of carbonyl (C=O) groups excluding carboxylic acids is 1. The van der Waals surface area contributed by atoms with E-state index in [1.54, 1.807) is 26.4 Å². The zero-order valence-electron chi connectivity index (χ0n) is 20.5. The molecule has 3 aromatic carbocycles. The summed E-state index contributed by atoms with van der Waals surface area (Å²) >= 11 is 0. The maximum atomic E-state index is 13.7. The van der Waals surface area contributed by atoms with Gasteiger partial charge >= 0.3 is 0 Å². The topological polar surface area (TPSA) is 103 Å². The molecular formula is C29H26N4O4. The summed E-state index contributed by atoms with van der Waals surface area (Å²) in [6, 6.07) is 20.2. The molecule has 0 aliphatic carbocycles. The largest absolute Gasteiger partial charge is 0.508 e. The van der Waals surface area contributed by atoms with E-state index in [1.165, 1.54) is 0 Å². The molecule has 3 heterocycles. The number of nitrogens with one attached hydrogen (secondary N) is 2. The van der Waals surface area contributed by atoms with Gasteiger partial charge in [0.05, 0.1) is 26.0 Å². The van der Waals surface area contributed by atoms with Crippen LogP contribution in [0.4, 0.5) is 0 Å². The molecule has 37 heavy (non-hydrogen) atoms. The summed E-state index contributed by atoms with van der Waals surface area (Å²) in [4.78, 5) is 18.9. The second-order valence-corrected chi connectivity index (χ2v) is 9.06. The van der Waals surface area contributed by atoms with Crippen molar-refractivity contribution in [2.75, 3.05) is 20.8 Å². The molecule has 186 valence electrons. The molecule has 0 spiro atoms. The van der Waals surface area contributed by atoms with Crippen LogP contribution in [-0.2, 0) is 6.42 Å². The first-order valence-corrected chi connectivity index (χ1v) is 12.0. The number of fused-ring (bicyclic) bond motifs is 2. The molecule has 5 aromatic rings. The van der Waals surface area contributed by atoms with Crippen molar-refractivity contribution in [1.82, 2.24) is 20.1 Å². The molecule has 2 aromatic heterocycles. The number of nitrogens with zero attached hydrogens (tertiary/aromatic N) is 2.